The molecule has 4 heteroatoms. The van der Waals surface area contributed by atoms with Crippen LogP contribution in [0.3, 0.4) is 0 Å². The Kier molecular flexibility index (Phi) is 2.28. The molecule has 1 amide bonds. The minimum atomic E-state index is -0.475. The van der Waals surface area contributed by atoms with Crippen molar-refractivity contribution in [3.05, 3.63) is 40.7 Å². The summed E-state index contributed by atoms with van der Waals surface area (Å²) in [5.74, 6) is -0.475. The van der Waals surface area contributed by atoms with Crippen LogP contribution >= 0.6 is 11.3 Å². The summed E-state index contributed by atoms with van der Waals surface area (Å²) in [5.41, 5.74) is 6.91. The van der Waals surface area contributed by atoms with E-state index in [1.807, 2.05) is 35.7 Å². The molecule has 2 aromatic rings. The Hall–Kier alpha value is -1.68. The minimum Gasteiger partial charge on any atom is -0.364 e. The molecule has 0 unspecified atom stereocenters. The highest BCUT2D eigenvalue weighted by atomic mass is 32.1. The number of hydrogen-bond acceptors (Lipinski definition) is 3. The molecular weight excluding hydrogens is 196 g/mol. The zero-order chi connectivity index (χ0) is 9.97. The first-order chi connectivity index (χ1) is 6.77. The van der Waals surface area contributed by atoms with Crippen molar-refractivity contribution in [1.82, 2.24) is 4.98 Å². The van der Waals surface area contributed by atoms with Crippen LogP contribution in [0.4, 0.5) is 0 Å². The van der Waals surface area contributed by atoms with Crippen LogP contribution in [0.2, 0.25) is 0 Å². The topological polar surface area (TPSA) is 56.0 Å². The average Bonchev–Trinajstić information content (AvgIpc) is 2.68. The van der Waals surface area contributed by atoms with Crippen molar-refractivity contribution in [3.63, 3.8) is 0 Å². The number of nitrogens with two attached hydrogens (primary N) is 1. The van der Waals surface area contributed by atoms with Crippen molar-refractivity contribution >= 4 is 17.2 Å². The SMILES string of the molecule is NC(=O)c1nc(-c2ccccc2)cs1. The van der Waals surface area contributed by atoms with E-state index in [1.165, 1.54) is 11.3 Å². The molecule has 1 aromatic heterocycles. The highest BCUT2D eigenvalue weighted by Crippen LogP contribution is 2.20. The van der Waals surface area contributed by atoms with E-state index in [1.54, 1.807) is 0 Å². The molecule has 0 aliphatic carbocycles. The van der Waals surface area contributed by atoms with Crippen LogP contribution in [0.15, 0.2) is 35.7 Å². The molecule has 70 valence electrons. The molecule has 0 radical (unpaired) electrons. The van der Waals surface area contributed by atoms with E-state index >= 15 is 0 Å². The van der Waals surface area contributed by atoms with E-state index in [0.717, 1.165) is 11.3 Å². The Morgan fingerprint density at radius 2 is 2.00 bits per heavy atom. The molecular formula is C10H8N2OS. The van der Waals surface area contributed by atoms with Crippen molar-refractivity contribution in [2.45, 2.75) is 0 Å². The summed E-state index contributed by atoms with van der Waals surface area (Å²) >= 11 is 1.27. The number of hydrogen-bond donors (Lipinski definition) is 1. The molecule has 0 bridgehead atoms. The first-order valence-corrected chi connectivity index (χ1v) is 4.96. The van der Waals surface area contributed by atoms with Crippen molar-refractivity contribution in [1.29, 1.82) is 0 Å². The maximum atomic E-state index is 10.8. The van der Waals surface area contributed by atoms with Crippen LogP contribution in [0.1, 0.15) is 9.80 Å². The summed E-state index contributed by atoms with van der Waals surface area (Å²) < 4.78 is 0. The maximum absolute atomic E-state index is 10.8. The third kappa shape index (κ3) is 1.65. The van der Waals surface area contributed by atoms with Gasteiger partial charge in [-0.05, 0) is 0 Å². The fraction of sp³-hybridized carbons (Fsp3) is 0. The molecule has 2 rings (SSSR count). The van der Waals surface area contributed by atoms with Crippen molar-refractivity contribution in [2.75, 3.05) is 0 Å². The summed E-state index contributed by atoms with van der Waals surface area (Å²) in [6, 6.07) is 9.68. The molecule has 0 saturated carbocycles. The molecule has 0 aliphatic heterocycles. The van der Waals surface area contributed by atoms with Crippen molar-refractivity contribution < 1.29 is 4.79 Å². The van der Waals surface area contributed by atoms with Crippen LogP contribution in [-0.2, 0) is 0 Å². The van der Waals surface area contributed by atoms with Gasteiger partial charge in [0, 0.05) is 10.9 Å². The second-order valence-electron chi connectivity index (χ2n) is 2.77. The lowest BCUT2D eigenvalue weighted by molar-refractivity contribution is 0.1000. The fourth-order valence-corrected chi connectivity index (χ4v) is 1.81. The van der Waals surface area contributed by atoms with E-state index in [4.69, 9.17) is 5.73 Å². The Labute approximate surface area is 85.2 Å². The fourth-order valence-electron chi connectivity index (χ4n) is 1.13. The van der Waals surface area contributed by atoms with Crippen LogP contribution in [-0.4, -0.2) is 10.9 Å². The lowest BCUT2D eigenvalue weighted by atomic mass is 10.2. The molecule has 0 aliphatic rings. The predicted molar refractivity (Wildman–Crippen MR) is 56.1 cm³/mol. The van der Waals surface area contributed by atoms with Gasteiger partial charge in [-0.15, -0.1) is 11.3 Å². The maximum Gasteiger partial charge on any atom is 0.277 e. The average molecular weight is 204 g/mol. The molecule has 1 aromatic carbocycles. The number of rotatable bonds is 2. The summed E-state index contributed by atoms with van der Waals surface area (Å²) in [6.45, 7) is 0. The van der Waals surface area contributed by atoms with Gasteiger partial charge in [0.05, 0.1) is 5.69 Å². The van der Waals surface area contributed by atoms with Gasteiger partial charge in [-0.3, -0.25) is 4.79 Å². The zero-order valence-electron chi connectivity index (χ0n) is 7.31. The molecule has 0 spiro atoms. The van der Waals surface area contributed by atoms with Crippen LogP contribution in [0.5, 0.6) is 0 Å². The lowest BCUT2D eigenvalue weighted by Crippen LogP contribution is -2.10. The second kappa shape index (κ2) is 3.59. The summed E-state index contributed by atoms with van der Waals surface area (Å²) in [4.78, 5) is 14.9. The largest absolute Gasteiger partial charge is 0.364 e. The van der Waals surface area contributed by atoms with E-state index in [-0.39, 0.29) is 0 Å². The van der Waals surface area contributed by atoms with Gasteiger partial charge in [-0.2, -0.15) is 0 Å². The number of primary amides is 1. The first-order valence-electron chi connectivity index (χ1n) is 4.08. The number of amides is 1. The molecule has 2 N–H and O–H groups in total. The van der Waals surface area contributed by atoms with Crippen molar-refractivity contribution in [2.24, 2.45) is 5.73 Å². The van der Waals surface area contributed by atoms with Gasteiger partial charge in [0.15, 0.2) is 5.01 Å². The molecule has 1 heterocycles. The zero-order valence-corrected chi connectivity index (χ0v) is 8.12. The third-order valence-corrected chi connectivity index (χ3v) is 2.64. The number of thiazole rings is 1. The monoisotopic (exact) mass is 204 g/mol. The Morgan fingerprint density at radius 1 is 1.29 bits per heavy atom. The van der Waals surface area contributed by atoms with Gasteiger partial charge in [0.2, 0.25) is 0 Å². The quantitative estimate of drug-likeness (QED) is 0.812. The minimum absolute atomic E-state index is 0.351. The van der Waals surface area contributed by atoms with E-state index in [2.05, 4.69) is 4.98 Å². The number of benzene rings is 1. The predicted octanol–water partition coefficient (Wildman–Crippen LogP) is 1.91. The third-order valence-electron chi connectivity index (χ3n) is 1.78. The smallest absolute Gasteiger partial charge is 0.277 e. The van der Waals surface area contributed by atoms with E-state index in [0.29, 0.717) is 5.01 Å². The van der Waals surface area contributed by atoms with Crippen LogP contribution < -0.4 is 5.73 Å². The number of aromatic nitrogens is 1. The number of carbonyl (C=O) groups is 1. The molecule has 0 atom stereocenters. The number of nitrogens with zero attached hydrogens (tertiary/aromatic N) is 1. The normalized spacial score (nSPS) is 10.0. The Balaban J connectivity index is 2.39. The standard InChI is InChI=1S/C10H8N2OS/c11-9(13)10-12-8(6-14-10)7-4-2-1-3-5-7/h1-6H,(H2,11,13). The van der Waals surface area contributed by atoms with E-state index < -0.39 is 5.91 Å². The van der Waals surface area contributed by atoms with Gasteiger partial charge >= 0.3 is 0 Å². The van der Waals surface area contributed by atoms with Gasteiger partial charge in [0.25, 0.3) is 5.91 Å². The van der Waals surface area contributed by atoms with Gasteiger partial charge in [-0.25, -0.2) is 4.98 Å². The van der Waals surface area contributed by atoms with Crippen LogP contribution in [0, 0.1) is 0 Å². The Morgan fingerprint density at radius 3 is 2.57 bits per heavy atom. The van der Waals surface area contributed by atoms with Crippen LogP contribution in [0.25, 0.3) is 11.3 Å². The van der Waals surface area contributed by atoms with Gasteiger partial charge < -0.3 is 5.73 Å². The van der Waals surface area contributed by atoms with Gasteiger partial charge in [-0.1, -0.05) is 30.3 Å². The highest BCUT2D eigenvalue weighted by molar-refractivity contribution is 7.12. The molecule has 14 heavy (non-hydrogen) atoms. The first kappa shape index (κ1) is 8.90. The number of carbonyl (C=O) groups excluding carboxylic acids is 1. The summed E-state index contributed by atoms with van der Waals surface area (Å²) in [5, 5.41) is 2.18. The molecule has 0 fully saturated rings. The van der Waals surface area contributed by atoms with Crippen molar-refractivity contribution in [3.8, 4) is 11.3 Å². The molecule has 0 saturated heterocycles. The lowest BCUT2D eigenvalue weighted by Gasteiger charge is -1.93. The molecule has 3 nitrogen and oxygen atoms in total. The van der Waals surface area contributed by atoms with E-state index in [9.17, 15) is 4.79 Å². The van der Waals surface area contributed by atoms with Gasteiger partial charge in [0.1, 0.15) is 0 Å². The summed E-state index contributed by atoms with van der Waals surface area (Å²) in [7, 11) is 0. The Bertz CT molecular complexity index is 450. The second-order valence-corrected chi connectivity index (χ2v) is 3.63. The highest BCUT2D eigenvalue weighted by Gasteiger charge is 2.07. The summed E-state index contributed by atoms with van der Waals surface area (Å²) in [6.07, 6.45) is 0.